The maximum atomic E-state index is 6.03. The highest BCUT2D eigenvalue weighted by Crippen LogP contribution is 2.40. The number of rotatable bonds is 7. The number of halogens is 1. The molecule has 3 fully saturated rings. The summed E-state index contributed by atoms with van der Waals surface area (Å²) in [5.41, 5.74) is 1.49. The molecule has 1 aliphatic heterocycles. The Labute approximate surface area is 176 Å². The van der Waals surface area contributed by atoms with Gasteiger partial charge in [0, 0.05) is 5.02 Å². The molecule has 0 unspecified atom stereocenters. The first-order valence-corrected chi connectivity index (χ1v) is 12.1. The van der Waals surface area contributed by atoms with Crippen LogP contribution in [0.25, 0.3) is 0 Å². The van der Waals surface area contributed by atoms with E-state index in [2.05, 4.69) is 12.1 Å². The summed E-state index contributed by atoms with van der Waals surface area (Å²) >= 11 is 6.03. The smallest absolute Gasteiger partial charge is 0.157 e. The summed E-state index contributed by atoms with van der Waals surface area (Å²) in [5, 5.41) is 0.854. The van der Waals surface area contributed by atoms with Gasteiger partial charge in [-0.15, -0.1) is 0 Å². The summed E-state index contributed by atoms with van der Waals surface area (Å²) < 4.78 is 11.2. The second kappa shape index (κ2) is 10.5. The van der Waals surface area contributed by atoms with Gasteiger partial charge in [-0.05, 0) is 79.9 Å². The predicted molar refractivity (Wildman–Crippen MR) is 116 cm³/mol. The van der Waals surface area contributed by atoms with Crippen LogP contribution in [0.4, 0.5) is 0 Å². The van der Waals surface area contributed by atoms with E-state index >= 15 is 0 Å². The van der Waals surface area contributed by atoms with Gasteiger partial charge in [0.2, 0.25) is 0 Å². The first-order chi connectivity index (χ1) is 13.8. The first kappa shape index (κ1) is 20.7. The lowest BCUT2D eigenvalue weighted by atomic mass is 9.74. The van der Waals surface area contributed by atoms with Gasteiger partial charge in [-0.3, -0.25) is 0 Å². The van der Waals surface area contributed by atoms with Gasteiger partial charge in [-0.1, -0.05) is 62.3 Å². The highest BCUT2D eigenvalue weighted by molar-refractivity contribution is 6.30. The van der Waals surface area contributed by atoms with Crippen molar-refractivity contribution in [3.05, 3.63) is 34.9 Å². The largest absolute Gasteiger partial charge is 0.350 e. The highest BCUT2D eigenvalue weighted by atomic mass is 35.5. The van der Waals surface area contributed by atoms with Gasteiger partial charge in [-0.25, -0.2) is 0 Å². The molecule has 156 valence electrons. The molecule has 2 aliphatic carbocycles. The van der Waals surface area contributed by atoms with E-state index < -0.39 is 0 Å². The van der Waals surface area contributed by atoms with E-state index in [9.17, 15) is 0 Å². The van der Waals surface area contributed by atoms with Gasteiger partial charge < -0.3 is 9.47 Å². The third-order valence-electron chi connectivity index (χ3n) is 7.64. The minimum atomic E-state index is 0.0979. The maximum absolute atomic E-state index is 6.03. The van der Waals surface area contributed by atoms with Gasteiger partial charge in [0.1, 0.15) is 0 Å². The van der Waals surface area contributed by atoms with Crippen LogP contribution in [-0.2, 0) is 9.47 Å². The summed E-state index contributed by atoms with van der Waals surface area (Å²) in [6, 6.07) is 8.56. The molecule has 0 aromatic heterocycles. The molecule has 2 nitrogen and oxygen atoms in total. The SMILES string of the molecule is Clc1ccc(C2CCC(CCC3CCC(CCC4OCCO4)CC3)CC2)cc1. The Balaban J connectivity index is 1.09. The molecule has 1 saturated heterocycles. The van der Waals surface area contributed by atoms with Crippen molar-refractivity contribution in [1.82, 2.24) is 0 Å². The van der Waals surface area contributed by atoms with Crippen LogP contribution in [0.1, 0.15) is 88.5 Å². The summed E-state index contributed by atoms with van der Waals surface area (Å²) in [5.74, 6) is 3.64. The number of benzene rings is 1. The quantitative estimate of drug-likeness (QED) is 0.472. The summed E-state index contributed by atoms with van der Waals surface area (Å²) in [6.45, 7) is 1.58. The van der Waals surface area contributed by atoms with Crippen LogP contribution in [0.5, 0.6) is 0 Å². The van der Waals surface area contributed by atoms with Gasteiger partial charge in [0.25, 0.3) is 0 Å². The molecule has 2 saturated carbocycles. The number of hydrogen-bond acceptors (Lipinski definition) is 2. The van der Waals surface area contributed by atoms with Crippen LogP contribution in [0.15, 0.2) is 24.3 Å². The molecule has 3 heteroatoms. The molecule has 1 aromatic carbocycles. The Bertz CT molecular complexity index is 565. The lowest BCUT2D eigenvalue weighted by Gasteiger charge is -2.32. The van der Waals surface area contributed by atoms with E-state index in [4.69, 9.17) is 21.1 Å². The average Bonchev–Trinajstić information content (AvgIpc) is 3.26. The van der Waals surface area contributed by atoms with Crippen LogP contribution in [0.2, 0.25) is 5.02 Å². The lowest BCUT2D eigenvalue weighted by molar-refractivity contribution is -0.0512. The van der Waals surface area contributed by atoms with E-state index in [1.165, 1.54) is 76.2 Å². The first-order valence-electron chi connectivity index (χ1n) is 11.7. The van der Waals surface area contributed by atoms with E-state index in [1.807, 2.05) is 12.1 Å². The van der Waals surface area contributed by atoms with Crippen molar-refractivity contribution < 1.29 is 9.47 Å². The minimum Gasteiger partial charge on any atom is -0.350 e. The molecule has 0 atom stereocenters. The normalized spacial score (nSPS) is 31.9. The van der Waals surface area contributed by atoms with Gasteiger partial charge in [0.15, 0.2) is 6.29 Å². The van der Waals surface area contributed by atoms with E-state index in [0.717, 1.165) is 48.3 Å². The summed E-state index contributed by atoms with van der Waals surface area (Å²) in [6.07, 6.45) is 16.8. The zero-order valence-corrected chi connectivity index (χ0v) is 18.0. The summed E-state index contributed by atoms with van der Waals surface area (Å²) in [4.78, 5) is 0. The van der Waals surface area contributed by atoms with Crippen molar-refractivity contribution in [2.24, 2.45) is 17.8 Å². The fraction of sp³-hybridized carbons (Fsp3) is 0.760. The molecule has 0 spiro atoms. The molecule has 0 bridgehead atoms. The van der Waals surface area contributed by atoms with Crippen molar-refractivity contribution in [1.29, 1.82) is 0 Å². The molecule has 0 N–H and O–H groups in total. The van der Waals surface area contributed by atoms with Crippen LogP contribution in [-0.4, -0.2) is 19.5 Å². The molecule has 4 rings (SSSR count). The van der Waals surface area contributed by atoms with Crippen LogP contribution >= 0.6 is 11.6 Å². The second-order valence-electron chi connectivity index (χ2n) is 9.48. The van der Waals surface area contributed by atoms with Gasteiger partial charge >= 0.3 is 0 Å². The van der Waals surface area contributed by atoms with E-state index in [0.29, 0.717) is 0 Å². The van der Waals surface area contributed by atoms with Crippen molar-refractivity contribution in [2.45, 2.75) is 89.3 Å². The standard InChI is InChI=1S/C25H37ClO2/c26-24-14-12-23(13-15-24)22-10-7-21(8-11-22)6-3-19-1-4-20(5-2-19)9-16-25-27-17-18-28-25/h12-15,19-22,25H,1-11,16-18H2. The van der Waals surface area contributed by atoms with Gasteiger partial charge in [-0.2, -0.15) is 0 Å². The van der Waals surface area contributed by atoms with Crippen LogP contribution in [0, 0.1) is 17.8 Å². The van der Waals surface area contributed by atoms with Crippen molar-refractivity contribution >= 4 is 11.6 Å². The molecule has 0 radical (unpaired) electrons. The van der Waals surface area contributed by atoms with Crippen molar-refractivity contribution in [3.63, 3.8) is 0 Å². The molecule has 1 aromatic rings. The Morgan fingerprint density at radius 3 is 1.64 bits per heavy atom. The zero-order valence-electron chi connectivity index (χ0n) is 17.3. The van der Waals surface area contributed by atoms with Crippen molar-refractivity contribution in [2.75, 3.05) is 13.2 Å². The second-order valence-corrected chi connectivity index (χ2v) is 9.92. The average molecular weight is 405 g/mol. The fourth-order valence-corrected chi connectivity index (χ4v) is 5.87. The zero-order chi connectivity index (χ0) is 19.2. The predicted octanol–water partition coefficient (Wildman–Crippen LogP) is 7.35. The van der Waals surface area contributed by atoms with E-state index in [1.54, 1.807) is 0 Å². The molecular weight excluding hydrogens is 368 g/mol. The molecule has 3 aliphatic rings. The summed E-state index contributed by atoms with van der Waals surface area (Å²) in [7, 11) is 0. The topological polar surface area (TPSA) is 18.5 Å². The number of ether oxygens (including phenoxy) is 2. The Kier molecular flexibility index (Phi) is 7.73. The maximum Gasteiger partial charge on any atom is 0.157 e. The van der Waals surface area contributed by atoms with Crippen LogP contribution < -0.4 is 0 Å². The Morgan fingerprint density at radius 1 is 0.643 bits per heavy atom. The molecule has 1 heterocycles. The molecular formula is C25H37ClO2. The van der Waals surface area contributed by atoms with Gasteiger partial charge in [0.05, 0.1) is 13.2 Å². The molecule has 0 amide bonds. The molecule has 28 heavy (non-hydrogen) atoms. The van der Waals surface area contributed by atoms with Crippen LogP contribution in [0.3, 0.4) is 0 Å². The third kappa shape index (κ3) is 5.97. The Morgan fingerprint density at radius 2 is 1.11 bits per heavy atom. The van der Waals surface area contributed by atoms with Crippen molar-refractivity contribution in [3.8, 4) is 0 Å². The van der Waals surface area contributed by atoms with E-state index in [-0.39, 0.29) is 6.29 Å². The number of hydrogen-bond donors (Lipinski definition) is 0. The lowest BCUT2D eigenvalue weighted by Crippen LogP contribution is -2.19. The highest BCUT2D eigenvalue weighted by Gasteiger charge is 2.26. The fourth-order valence-electron chi connectivity index (χ4n) is 5.75. The third-order valence-corrected chi connectivity index (χ3v) is 7.89. The Hall–Kier alpha value is -0.570. The minimum absolute atomic E-state index is 0.0979. The monoisotopic (exact) mass is 404 g/mol.